The molecule has 0 unspecified atom stereocenters. The van der Waals surface area contributed by atoms with E-state index in [2.05, 4.69) is 6.92 Å². The zero-order valence-electron chi connectivity index (χ0n) is 50.2. The van der Waals surface area contributed by atoms with Crippen LogP contribution < -0.4 is 0 Å². The Balaban J connectivity index is 0.703. The van der Waals surface area contributed by atoms with Gasteiger partial charge in [-0.1, -0.05) is 55.8 Å². The van der Waals surface area contributed by atoms with Gasteiger partial charge >= 0.3 is 5.97 Å². The molecule has 9 aliphatic rings. The van der Waals surface area contributed by atoms with Crippen LogP contribution in [0.25, 0.3) is 6.08 Å². The summed E-state index contributed by atoms with van der Waals surface area (Å²) < 4.78 is 80.7. The van der Waals surface area contributed by atoms with Crippen LogP contribution in [0.2, 0.25) is 0 Å². The first-order valence-electron chi connectivity index (χ1n) is 30.6. The number of aliphatic hydroxyl groups excluding tert-OH is 6. The molecule has 0 aromatic heterocycles. The number of ether oxygens (including phenoxy) is 13. The van der Waals surface area contributed by atoms with E-state index in [0.29, 0.717) is 25.7 Å². The van der Waals surface area contributed by atoms with Crippen LogP contribution in [0.15, 0.2) is 48.1 Å². The Morgan fingerprint density at radius 2 is 1.20 bits per heavy atom. The molecule has 0 radical (unpaired) electrons. The normalized spacial score (nSPS) is 49.3. The number of methoxy groups -OCH3 is 2. The number of rotatable bonds is 17. The van der Waals surface area contributed by atoms with Crippen LogP contribution in [-0.2, 0) is 71.2 Å². The number of ketones is 1. The third-order valence-electron chi connectivity index (χ3n) is 20.9. The van der Waals surface area contributed by atoms with Crippen LogP contribution >= 0.6 is 0 Å². The average Bonchev–Trinajstić information content (AvgIpc) is 1.66. The number of Topliss-reactive ketones (excluding diaryl/α,β-unsaturated/α-hetero) is 1. The molecule has 478 valence electrons. The zero-order valence-corrected chi connectivity index (χ0v) is 50.2. The van der Waals surface area contributed by atoms with E-state index in [-0.39, 0.29) is 56.8 Å². The molecule has 0 spiro atoms. The third-order valence-corrected chi connectivity index (χ3v) is 20.9. The maximum Gasteiger partial charge on any atom is 0.331 e. The lowest BCUT2D eigenvalue weighted by atomic mass is 9.43. The van der Waals surface area contributed by atoms with Crippen LogP contribution in [0, 0.1) is 22.7 Å². The first-order chi connectivity index (χ1) is 40.3. The fourth-order valence-corrected chi connectivity index (χ4v) is 16.2. The van der Waals surface area contributed by atoms with Gasteiger partial charge in [-0.25, -0.2) is 4.79 Å². The Hall–Kier alpha value is -2.96. The molecule has 8 fully saturated rings. The van der Waals surface area contributed by atoms with E-state index >= 15 is 0 Å². The molecular formula is C62H92O23. The fourth-order valence-electron chi connectivity index (χ4n) is 16.2. The van der Waals surface area contributed by atoms with Gasteiger partial charge in [0.05, 0.1) is 61.5 Å². The van der Waals surface area contributed by atoms with Crippen LogP contribution in [0.4, 0.5) is 0 Å². The molecule has 1 aromatic rings. The van der Waals surface area contributed by atoms with Crippen molar-refractivity contribution in [2.45, 2.75) is 272 Å². The van der Waals surface area contributed by atoms with Gasteiger partial charge in [-0.05, 0) is 96.6 Å². The summed E-state index contributed by atoms with van der Waals surface area (Å²) in [5.41, 5.74) is -3.24. The van der Waals surface area contributed by atoms with Gasteiger partial charge in [0.1, 0.15) is 71.9 Å². The highest BCUT2D eigenvalue weighted by Gasteiger charge is 2.77. The van der Waals surface area contributed by atoms with Gasteiger partial charge in [0.25, 0.3) is 0 Å². The maximum absolute atomic E-state index is 13.6. The van der Waals surface area contributed by atoms with Gasteiger partial charge in [0, 0.05) is 63.2 Å². The van der Waals surface area contributed by atoms with Gasteiger partial charge in [-0.2, -0.15) is 0 Å². The van der Waals surface area contributed by atoms with Crippen molar-refractivity contribution < 1.29 is 112 Å². The summed E-state index contributed by atoms with van der Waals surface area (Å²) in [6.07, 6.45) is -12.2. The number of carbonyl (C=O) groups is 2. The zero-order chi connectivity index (χ0) is 61.1. The molecule has 5 aliphatic heterocycles. The van der Waals surface area contributed by atoms with E-state index in [9.17, 15) is 50.4 Å². The van der Waals surface area contributed by atoms with E-state index in [1.807, 2.05) is 57.2 Å². The van der Waals surface area contributed by atoms with Crippen LogP contribution in [-0.4, -0.2) is 226 Å². The van der Waals surface area contributed by atoms with Crippen molar-refractivity contribution in [1.82, 2.24) is 0 Å². The summed E-state index contributed by atoms with van der Waals surface area (Å²) in [5.74, 6) is -1.81. The van der Waals surface area contributed by atoms with Crippen LogP contribution in [0.3, 0.4) is 0 Å². The number of carbonyl (C=O) groups excluding carboxylic acids is 2. The quantitative estimate of drug-likeness (QED) is 0.0631. The molecule has 4 aliphatic carbocycles. The fraction of sp³-hybridized carbons (Fsp3) is 0.806. The molecular weight excluding hydrogens is 1110 g/mol. The first kappa shape index (κ1) is 65.0. The van der Waals surface area contributed by atoms with Gasteiger partial charge in [0.15, 0.2) is 31.5 Å². The predicted octanol–water partition coefficient (Wildman–Crippen LogP) is 2.64. The van der Waals surface area contributed by atoms with Crippen molar-refractivity contribution in [2.24, 2.45) is 22.7 Å². The number of hydrogen-bond acceptors (Lipinski definition) is 23. The molecule has 1 aromatic carbocycles. The summed E-state index contributed by atoms with van der Waals surface area (Å²) in [4.78, 5) is 26.9. The second kappa shape index (κ2) is 26.1. The SMILES string of the molecule is CO[C@@H]1C[C@H](O[C@H]2[C@@H](O)C[C@H](O[C@H]3CC[C@@]4(C)C(=CC[C@]5(O)[C@@H]4C[C@@H](OC(=O)/C=C/c4ccccc4)[C@]4(C)[C@H](C(C)=O)CC[C@@]45O)C3)O[C@@H]2C)O[C@H](C)[C@H]1O[C@H]1C[C@H](O)[C@H](O[C@H]2C[C@@H](OC)[C@H](O[C@@H]3O[C@H](CO)[C@@H](O)[C@H](O)[C@H]3O)[C@@H](C)O2)[C@@H](C)O1. The number of esters is 1. The Labute approximate surface area is 497 Å². The molecule has 0 bridgehead atoms. The van der Waals surface area contributed by atoms with Crippen molar-refractivity contribution in [3.05, 3.63) is 53.6 Å². The minimum atomic E-state index is -1.72. The van der Waals surface area contributed by atoms with Gasteiger partial charge < -0.3 is 102 Å². The molecule has 0 amide bonds. The minimum absolute atomic E-state index is 0.0439. The second-order valence-electron chi connectivity index (χ2n) is 25.9. The Bertz CT molecular complexity index is 2480. The first-order valence-corrected chi connectivity index (χ1v) is 30.6. The summed E-state index contributed by atoms with van der Waals surface area (Å²) in [6.45, 7) is 11.9. The third kappa shape index (κ3) is 12.4. The minimum Gasteiger partial charge on any atom is -0.458 e. The highest BCUT2D eigenvalue weighted by atomic mass is 16.8. The molecule has 3 saturated carbocycles. The number of benzene rings is 1. The Kier molecular flexibility index (Phi) is 20.0. The molecule has 29 atom stereocenters. The lowest BCUT2D eigenvalue weighted by Crippen LogP contribution is -2.75. The van der Waals surface area contributed by atoms with Gasteiger partial charge in [0.2, 0.25) is 0 Å². The number of hydrogen-bond donors (Lipinski definition) is 8. The molecule has 10 rings (SSSR count). The second-order valence-corrected chi connectivity index (χ2v) is 25.9. The largest absolute Gasteiger partial charge is 0.458 e. The number of aliphatic hydroxyl groups is 8. The topological polar surface area (TPSA) is 316 Å². The Morgan fingerprint density at radius 3 is 1.75 bits per heavy atom. The maximum atomic E-state index is 13.6. The van der Waals surface area contributed by atoms with Crippen LogP contribution in [0.5, 0.6) is 0 Å². The lowest BCUT2D eigenvalue weighted by Gasteiger charge is -2.66. The van der Waals surface area contributed by atoms with Gasteiger partial charge in [-0.3, -0.25) is 4.79 Å². The van der Waals surface area contributed by atoms with E-state index in [4.69, 9.17) is 61.6 Å². The lowest BCUT2D eigenvalue weighted by molar-refractivity contribution is -0.358. The molecule has 85 heavy (non-hydrogen) atoms. The van der Waals surface area contributed by atoms with Crippen molar-refractivity contribution in [1.29, 1.82) is 0 Å². The van der Waals surface area contributed by atoms with Crippen molar-refractivity contribution in [3.8, 4) is 0 Å². The summed E-state index contributed by atoms with van der Waals surface area (Å²) >= 11 is 0. The molecule has 23 nitrogen and oxygen atoms in total. The molecule has 5 heterocycles. The molecule has 8 N–H and O–H groups in total. The van der Waals surface area contributed by atoms with E-state index < -0.39 is 182 Å². The van der Waals surface area contributed by atoms with E-state index in [0.717, 1.165) is 11.1 Å². The van der Waals surface area contributed by atoms with Crippen LogP contribution in [0.1, 0.15) is 125 Å². The molecule has 5 saturated heterocycles. The average molecular weight is 1210 g/mol. The monoisotopic (exact) mass is 1200 g/mol. The standard InChI is InChI=1S/C62H92O23/c1-30(64)38-19-22-62(72)60(38,7)45(81-46(67)16-15-35-13-11-10-12-14-35)28-44-59(6)20-18-37(23-36(59)17-21-61(44,62)71)79-47-24-39(65)54(31(2)75-47)82-49-26-41(73-8)56(33(4)77-49)84-48-25-40(66)55(32(3)76-48)83-50-27-42(74-9)57(34(5)78-50)85-58-53(70)52(69)51(68)43(29-63)80-58/h10-17,31-34,37-45,47-58,63,65-66,68-72H,18-29H2,1-9H3/b16-15+/t31-,32-,33-,34-,37+,38+,39+,40+,41-,42-,43-,44-,45-,47+,48+,49+,50+,51-,52+,53-,54-,55-,56-,57-,58+,59+,60+,61+,62-/m1/s1. The highest BCUT2D eigenvalue weighted by molar-refractivity contribution is 5.87. The Morgan fingerprint density at radius 1 is 0.659 bits per heavy atom. The number of fused-ring (bicyclic) bond motifs is 5. The summed E-state index contributed by atoms with van der Waals surface area (Å²) in [7, 11) is 3.04. The highest BCUT2D eigenvalue weighted by Crippen LogP contribution is 2.70. The van der Waals surface area contributed by atoms with E-state index in [1.54, 1.807) is 27.0 Å². The van der Waals surface area contributed by atoms with E-state index in [1.165, 1.54) is 20.1 Å². The molecule has 23 heteroatoms. The van der Waals surface area contributed by atoms with Crippen molar-refractivity contribution in [3.63, 3.8) is 0 Å². The summed E-state index contributed by atoms with van der Waals surface area (Å²) in [5, 5.41) is 89.8. The summed E-state index contributed by atoms with van der Waals surface area (Å²) in [6, 6.07) is 9.39. The predicted molar refractivity (Wildman–Crippen MR) is 297 cm³/mol. The smallest absolute Gasteiger partial charge is 0.331 e. The van der Waals surface area contributed by atoms with Gasteiger partial charge in [-0.15, -0.1) is 0 Å². The van der Waals surface area contributed by atoms with Crippen molar-refractivity contribution >= 4 is 17.8 Å². The van der Waals surface area contributed by atoms with Crippen molar-refractivity contribution in [2.75, 3.05) is 20.8 Å².